The van der Waals surface area contributed by atoms with Gasteiger partial charge in [-0.3, -0.25) is 0 Å². The van der Waals surface area contributed by atoms with Gasteiger partial charge in [0.1, 0.15) is 11.6 Å². The summed E-state index contributed by atoms with van der Waals surface area (Å²) in [5.41, 5.74) is 0.270. The summed E-state index contributed by atoms with van der Waals surface area (Å²) in [6.45, 7) is 0. The molecule has 0 fully saturated rings. The van der Waals surface area contributed by atoms with Gasteiger partial charge in [-0.15, -0.1) is 0 Å². The molecule has 0 aromatic heterocycles. The van der Waals surface area contributed by atoms with Crippen LogP contribution in [0.5, 0.6) is 0 Å². The summed E-state index contributed by atoms with van der Waals surface area (Å²) in [5, 5.41) is 0.232. The van der Waals surface area contributed by atoms with Gasteiger partial charge in [0, 0.05) is 16.1 Å². The van der Waals surface area contributed by atoms with Gasteiger partial charge < -0.3 is 0 Å². The van der Waals surface area contributed by atoms with Gasteiger partial charge in [0.15, 0.2) is 0 Å². The van der Waals surface area contributed by atoms with E-state index in [1.807, 2.05) is 0 Å². The molecule has 0 atom stereocenters. The Hall–Kier alpha value is -1.12. The number of benzene rings is 2. The molecule has 0 saturated heterocycles. The summed E-state index contributed by atoms with van der Waals surface area (Å²) < 4.78 is 27.2. The van der Waals surface area contributed by atoms with Crippen LogP contribution in [-0.2, 0) is 0 Å². The lowest BCUT2D eigenvalue weighted by Gasteiger charge is -2.06. The van der Waals surface area contributed by atoms with Crippen molar-refractivity contribution in [2.24, 2.45) is 0 Å². The van der Waals surface area contributed by atoms with Crippen LogP contribution in [0.3, 0.4) is 0 Å². The van der Waals surface area contributed by atoms with Gasteiger partial charge >= 0.3 is 0 Å². The van der Waals surface area contributed by atoms with Crippen molar-refractivity contribution in [3.05, 3.63) is 58.1 Å². The van der Waals surface area contributed by atoms with Crippen molar-refractivity contribution in [3.8, 4) is 11.1 Å². The van der Waals surface area contributed by atoms with Gasteiger partial charge in [-0.1, -0.05) is 35.3 Å². The maximum atomic E-state index is 13.6. The zero-order valence-corrected chi connectivity index (χ0v) is 9.49. The van der Waals surface area contributed by atoms with Crippen molar-refractivity contribution >= 4 is 23.2 Å². The van der Waals surface area contributed by atoms with Crippen molar-refractivity contribution < 1.29 is 8.78 Å². The van der Waals surface area contributed by atoms with E-state index in [1.54, 1.807) is 6.07 Å². The summed E-state index contributed by atoms with van der Waals surface area (Å²) >= 11 is 11.2. The van der Waals surface area contributed by atoms with Gasteiger partial charge in [-0.25, -0.2) is 8.78 Å². The van der Waals surface area contributed by atoms with Crippen molar-refractivity contribution in [3.63, 3.8) is 0 Å². The molecular formula is C12H6Cl2F2. The van der Waals surface area contributed by atoms with Gasteiger partial charge in [0.05, 0.1) is 5.02 Å². The van der Waals surface area contributed by atoms with Gasteiger partial charge in [0.2, 0.25) is 0 Å². The predicted octanol–water partition coefficient (Wildman–Crippen LogP) is 4.94. The second-order valence-electron chi connectivity index (χ2n) is 3.23. The average Bonchev–Trinajstić information content (AvgIpc) is 2.23. The minimum Gasteiger partial charge on any atom is -0.206 e. The molecule has 16 heavy (non-hydrogen) atoms. The molecule has 4 heteroatoms. The van der Waals surface area contributed by atoms with E-state index in [2.05, 4.69) is 0 Å². The van der Waals surface area contributed by atoms with E-state index in [9.17, 15) is 8.78 Å². The van der Waals surface area contributed by atoms with Crippen LogP contribution < -0.4 is 0 Å². The molecule has 0 saturated carbocycles. The van der Waals surface area contributed by atoms with Crippen LogP contribution in [0.2, 0.25) is 10.0 Å². The van der Waals surface area contributed by atoms with E-state index in [-0.39, 0.29) is 21.2 Å². The average molecular weight is 259 g/mol. The van der Waals surface area contributed by atoms with Gasteiger partial charge in [0.25, 0.3) is 0 Å². The van der Waals surface area contributed by atoms with Gasteiger partial charge in [-0.05, 0) is 24.3 Å². The zero-order chi connectivity index (χ0) is 11.7. The first-order valence-corrected chi connectivity index (χ1v) is 5.24. The molecule has 2 rings (SSSR count). The third kappa shape index (κ3) is 2.04. The number of hydrogen-bond acceptors (Lipinski definition) is 0. The Balaban J connectivity index is 2.63. The number of hydrogen-bond donors (Lipinski definition) is 0. The molecule has 0 aliphatic carbocycles. The van der Waals surface area contributed by atoms with E-state index in [4.69, 9.17) is 23.2 Å². The summed E-state index contributed by atoms with van der Waals surface area (Å²) in [5.74, 6) is -1.21. The molecule has 0 N–H and O–H groups in total. The van der Waals surface area contributed by atoms with E-state index < -0.39 is 11.6 Å². The third-order valence-electron chi connectivity index (χ3n) is 2.17. The fraction of sp³-hybridized carbons (Fsp3) is 0. The quantitative estimate of drug-likeness (QED) is 0.680. The zero-order valence-electron chi connectivity index (χ0n) is 7.98. The molecule has 82 valence electrons. The molecule has 0 bridgehead atoms. The summed E-state index contributed by atoms with van der Waals surface area (Å²) in [6, 6.07) is 8.50. The van der Waals surface area contributed by atoms with Crippen LogP contribution in [0.15, 0.2) is 36.4 Å². The normalized spacial score (nSPS) is 10.5. The van der Waals surface area contributed by atoms with E-state index >= 15 is 0 Å². The minimum absolute atomic E-state index is 0.0353. The van der Waals surface area contributed by atoms with Crippen LogP contribution in [-0.4, -0.2) is 0 Å². The predicted molar refractivity (Wildman–Crippen MR) is 61.8 cm³/mol. The van der Waals surface area contributed by atoms with Crippen molar-refractivity contribution in [2.75, 3.05) is 0 Å². The van der Waals surface area contributed by atoms with Crippen molar-refractivity contribution in [1.82, 2.24) is 0 Å². The lowest BCUT2D eigenvalue weighted by atomic mass is 10.0. The van der Waals surface area contributed by atoms with Crippen molar-refractivity contribution in [2.45, 2.75) is 0 Å². The van der Waals surface area contributed by atoms with Crippen LogP contribution in [0.4, 0.5) is 8.78 Å². The third-order valence-corrected chi connectivity index (χ3v) is 2.70. The van der Waals surface area contributed by atoms with Crippen LogP contribution >= 0.6 is 23.2 Å². The Morgan fingerprint density at radius 1 is 0.875 bits per heavy atom. The van der Waals surface area contributed by atoms with Crippen LogP contribution in [0.1, 0.15) is 0 Å². The maximum absolute atomic E-state index is 13.6. The smallest absolute Gasteiger partial charge is 0.149 e. The molecule has 0 nitrogen and oxygen atoms in total. The first kappa shape index (κ1) is 11.4. The Bertz CT molecular complexity index is 539. The molecule has 0 unspecified atom stereocenters. The largest absolute Gasteiger partial charge is 0.206 e. The lowest BCUT2D eigenvalue weighted by Crippen LogP contribution is -1.89. The van der Waals surface area contributed by atoms with Crippen LogP contribution in [0, 0.1) is 11.6 Å². The highest BCUT2D eigenvalue weighted by molar-refractivity contribution is 6.31. The van der Waals surface area contributed by atoms with E-state index in [0.717, 1.165) is 6.07 Å². The monoisotopic (exact) mass is 258 g/mol. The maximum Gasteiger partial charge on any atom is 0.149 e. The van der Waals surface area contributed by atoms with E-state index in [0.29, 0.717) is 0 Å². The minimum atomic E-state index is -0.634. The highest BCUT2D eigenvalue weighted by Crippen LogP contribution is 2.30. The standard InChI is InChI=1S/C12H6Cl2F2/c13-7-4-5-8(11(15)6-7)9-2-1-3-10(14)12(9)16/h1-6H. The molecule has 0 aliphatic heterocycles. The van der Waals surface area contributed by atoms with Crippen LogP contribution in [0.25, 0.3) is 11.1 Å². The lowest BCUT2D eigenvalue weighted by molar-refractivity contribution is 0.616. The molecular weight excluding hydrogens is 253 g/mol. The second-order valence-corrected chi connectivity index (χ2v) is 4.07. The SMILES string of the molecule is Fc1cc(Cl)ccc1-c1cccc(Cl)c1F. The van der Waals surface area contributed by atoms with Crippen molar-refractivity contribution in [1.29, 1.82) is 0 Å². The molecule has 2 aromatic rings. The van der Waals surface area contributed by atoms with Gasteiger partial charge in [-0.2, -0.15) is 0 Å². The number of halogens is 4. The fourth-order valence-electron chi connectivity index (χ4n) is 1.42. The first-order valence-electron chi connectivity index (χ1n) is 4.49. The summed E-state index contributed by atoms with van der Waals surface area (Å²) in [7, 11) is 0. The first-order chi connectivity index (χ1) is 7.59. The molecule has 0 radical (unpaired) electrons. The fourth-order valence-corrected chi connectivity index (χ4v) is 1.75. The topological polar surface area (TPSA) is 0 Å². The Kier molecular flexibility index (Phi) is 3.13. The molecule has 0 amide bonds. The molecule has 0 aliphatic rings. The highest BCUT2D eigenvalue weighted by atomic mass is 35.5. The summed E-state index contributed by atoms with van der Waals surface area (Å²) in [6.07, 6.45) is 0. The Morgan fingerprint density at radius 3 is 2.31 bits per heavy atom. The summed E-state index contributed by atoms with van der Waals surface area (Å²) in [4.78, 5) is 0. The molecule has 0 spiro atoms. The Labute approximate surface area is 101 Å². The Morgan fingerprint density at radius 2 is 1.62 bits per heavy atom. The highest BCUT2D eigenvalue weighted by Gasteiger charge is 2.12. The number of rotatable bonds is 1. The molecule has 2 aromatic carbocycles. The second kappa shape index (κ2) is 4.40. The van der Waals surface area contributed by atoms with E-state index in [1.165, 1.54) is 24.3 Å². The molecule has 0 heterocycles.